The number of ether oxygens (including phenoxy) is 1. The average Bonchev–Trinajstić information content (AvgIpc) is 1.09. The number of benzene rings is 12. The van der Waals surface area contributed by atoms with Gasteiger partial charge in [0.25, 0.3) is 6.71 Å². The van der Waals surface area contributed by atoms with Crippen LogP contribution in [0.1, 0.15) is 21.9 Å². The van der Waals surface area contributed by atoms with Crippen molar-refractivity contribution in [2.24, 2.45) is 0 Å². The molecule has 0 saturated carbocycles. The molecular weight excluding hydrogens is 948 g/mol. The quantitative estimate of drug-likeness (QED) is 0.155. The van der Waals surface area contributed by atoms with E-state index in [0.717, 1.165) is 55.2 Å². The zero-order chi connectivity index (χ0) is 64.9. The average molecular weight is 1010 g/mol. The van der Waals surface area contributed by atoms with Gasteiger partial charge in [0.1, 0.15) is 11.5 Å². The summed E-state index contributed by atoms with van der Waals surface area (Å²) < 4.78 is 159. The van der Waals surface area contributed by atoms with Crippen LogP contribution in [0.3, 0.4) is 0 Å². The molecule has 0 spiro atoms. The predicted molar refractivity (Wildman–Crippen MR) is 326 cm³/mol. The highest BCUT2D eigenvalue weighted by molar-refractivity contribution is 6.99. The second-order valence-corrected chi connectivity index (χ2v) is 19.6. The molecule has 17 rings (SSSR count). The highest BCUT2D eigenvalue weighted by Gasteiger charge is 2.44. The van der Waals surface area contributed by atoms with E-state index in [4.69, 9.17) is 15.7 Å². The van der Waals surface area contributed by atoms with E-state index >= 15 is 0 Å². The lowest BCUT2D eigenvalue weighted by molar-refractivity contribution is 0.487. The Bertz CT molecular complexity index is 5680. The van der Waals surface area contributed by atoms with E-state index in [-0.39, 0.29) is 49.3 Å². The molecule has 0 bridgehead atoms. The minimum atomic E-state index is -0.708. The molecule has 0 radical (unpaired) electrons. The molecule has 0 aliphatic carbocycles. The lowest BCUT2D eigenvalue weighted by atomic mass is 9.34. The molecule has 0 fully saturated rings. The number of hydrogen-bond acceptors (Lipinski definition) is 2. The Morgan fingerprint density at radius 1 is 0.333 bits per heavy atom. The number of rotatable bonds is 6. The Morgan fingerprint density at radius 2 is 0.769 bits per heavy atom. The van der Waals surface area contributed by atoms with Gasteiger partial charge in [0, 0.05) is 78.3 Å². The maximum Gasteiger partial charge on any atom is 0.256 e. The minimum absolute atomic E-state index is 0.0509. The molecule has 2 aliphatic rings. The Hall–Kier alpha value is -10.3. The van der Waals surface area contributed by atoms with Crippen molar-refractivity contribution in [3.05, 3.63) is 273 Å². The highest BCUT2D eigenvalue weighted by Crippen LogP contribution is 2.51. The normalized spacial score (nSPS) is 15.5. The number of nitrogens with zero attached hydrogens (tertiary/aromatic N) is 4. The fourth-order valence-electron chi connectivity index (χ4n) is 12.4. The van der Waals surface area contributed by atoms with E-state index in [0.29, 0.717) is 45.2 Å². The van der Waals surface area contributed by atoms with Crippen molar-refractivity contribution >= 4 is 106 Å². The second kappa shape index (κ2) is 16.6. The van der Waals surface area contributed by atoms with Crippen LogP contribution in [-0.2, 0) is 0 Å². The summed E-state index contributed by atoms with van der Waals surface area (Å²) in [5.74, 6) is 0.743. The van der Waals surface area contributed by atoms with Crippen LogP contribution in [0.5, 0.6) is 11.5 Å². The molecule has 0 atom stereocenters. The molecule has 6 heteroatoms. The number of anilines is 3. The van der Waals surface area contributed by atoms with E-state index in [1.54, 1.807) is 18.2 Å². The summed E-state index contributed by atoms with van der Waals surface area (Å²) in [4.78, 5) is 2.20. The summed E-state index contributed by atoms with van der Waals surface area (Å²) >= 11 is 0. The molecular formula is C72H45BN4O. The van der Waals surface area contributed by atoms with E-state index in [2.05, 4.69) is 51.9 Å². The van der Waals surface area contributed by atoms with Gasteiger partial charge < -0.3 is 23.3 Å². The van der Waals surface area contributed by atoms with Crippen molar-refractivity contribution in [2.45, 2.75) is 0 Å². The van der Waals surface area contributed by atoms with Crippen LogP contribution in [0.15, 0.2) is 273 Å². The van der Waals surface area contributed by atoms with Crippen LogP contribution in [0.25, 0.3) is 105 Å². The summed E-state index contributed by atoms with van der Waals surface area (Å²) in [5, 5.41) is 1.70. The summed E-state index contributed by atoms with van der Waals surface area (Å²) in [7, 11) is 0. The number of para-hydroxylation sites is 7. The molecule has 0 saturated heterocycles. The van der Waals surface area contributed by atoms with E-state index in [1.807, 2.05) is 115 Å². The summed E-state index contributed by atoms with van der Waals surface area (Å²) in [5.41, 5.74) is 10.3. The molecule has 3 aromatic heterocycles. The Morgan fingerprint density at radius 3 is 1.31 bits per heavy atom. The molecule has 12 aromatic carbocycles. The monoisotopic (exact) mass is 1010 g/mol. The first-order valence-corrected chi connectivity index (χ1v) is 25.6. The highest BCUT2D eigenvalue weighted by atomic mass is 16.5. The van der Waals surface area contributed by atoms with Gasteiger partial charge in [-0.1, -0.05) is 200 Å². The van der Waals surface area contributed by atoms with Crippen molar-refractivity contribution < 1.29 is 26.7 Å². The molecule has 0 N–H and O–H groups in total. The summed E-state index contributed by atoms with van der Waals surface area (Å²) in [6.07, 6.45) is 0. The van der Waals surface area contributed by atoms with Crippen LogP contribution in [-0.4, -0.2) is 20.4 Å². The van der Waals surface area contributed by atoms with Gasteiger partial charge in [-0.25, -0.2) is 0 Å². The van der Waals surface area contributed by atoms with Crippen molar-refractivity contribution in [1.29, 1.82) is 0 Å². The zero-order valence-electron chi connectivity index (χ0n) is 57.0. The lowest BCUT2D eigenvalue weighted by Crippen LogP contribution is -2.59. The topological polar surface area (TPSA) is 27.3 Å². The van der Waals surface area contributed by atoms with E-state index < -0.39 is 103 Å². The second-order valence-electron chi connectivity index (χ2n) is 19.6. The van der Waals surface area contributed by atoms with Gasteiger partial charge >= 0.3 is 0 Å². The van der Waals surface area contributed by atoms with Crippen LogP contribution < -0.4 is 26.0 Å². The third kappa shape index (κ3) is 6.14. The molecule has 15 aromatic rings. The van der Waals surface area contributed by atoms with Gasteiger partial charge in [-0.05, 0) is 88.1 Å². The zero-order valence-corrected chi connectivity index (χ0v) is 41.0. The molecule has 0 unspecified atom stereocenters. The number of hydrogen-bond donors (Lipinski definition) is 0. The third-order valence-electron chi connectivity index (χ3n) is 15.6. The summed E-state index contributed by atoms with van der Waals surface area (Å²) in [6.45, 7) is -0.708. The molecule has 2 aliphatic heterocycles. The molecule has 0 amide bonds. The van der Waals surface area contributed by atoms with E-state index in [9.17, 15) is 11.0 Å². The fraction of sp³-hybridized carbons (Fsp3) is 0. The number of aromatic nitrogens is 3. The van der Waals surface area contributed by atoms with Gasteiger partial charge in [-0.3, -0.25) is 0 Å². The molecule has 78 heavy (non-hydrogen) atoms. The van der Waals surface area contributed by atoms with Crippen molar-refractivity contribution in [1.82, 2.24) is 13.7 Å². The maximum atomic E-state index is 9.59. The number of fused-ring (bicyclic) bond motifs is 13. The SMILES string of the molecule is [2H]c1c([2H])c([2H])c2c(c1[2H])c1c([2H])c([2H])c([2H])c([2H])c1n2-c1ccc2c(c1)Oc1cc(-n3c4ccccc4c4ccccc43)cc3c1B2c1ccc(-n2c4c([2H])c([2H])c([2H])c([2H])c4c4c([2H])c([2H])c([2H])c([2H])c42)cc1N3c1c(-c2ccccc2)cccc1-c1ccccc1. The molecule has 5 nitrogen and oxygen atoms in total. The van der Waals surface area contributed by atoms with Gasteiger partial charge in [-0.2, -0.15) is 0 Å². The fourth-order valence-corrected chi connectivity index (χ4v) is 12.4. The van der Waals surface area contributed by atoms with Crippen LogP contribution >= 0.6 is 0 Å². The van der Waals surface area contributed by atoms with Crippen LogP contribution in [0, 0.1) is 0 Å². The van der Waals surface area contributed by atoms with E-state index in [1.165, 1.54) is 9.13 Å². The first kappa shape index (κ1) is 30.3. The van der Waals surface area contributed by atoms with Crippen LogP contribution in [0.2, 0.25) is 0 Å². The Labute approximate surface area is 472 Å². The van der Waals surface area contributed by atoms with Gasteiger partial charge in [0.05, 0.1) is 66.4 Å². The third-order valence-corrected chi connectivity index (χ3v) is 15.6. The van der Waals surface area contributed by atoms with Gasteiger partial charge in [0.2, 0.25) is 0 Å². The standard InChI is InChI=1S/C72H45BN4O/c1-3-20-46(21-4-1)51-30-19-31-52(47-22-5-2-6-23-47)72(51)77-67-42-48(74-61-32-13-7-24-53(61)54-25-8-14-33-62(54)74)38-40-59(67)73-60-41-39-49(75-63-34-15-9-26-55(63)56-27-10-16-35-64(56)75)44-69(60)78-70-45-50(43-68(77)71(70)73)76-65-36-17-11-28-57(65)58-29-12-18-37-66(58)76/h1-45H/i7D,8D,9D,10D,13D,14D,15D,16D,24D,25D,26D,27D,32D,33D,34D,35D. The predicted octanol–water partition coefficient (Wildman–Crippen LogP) is 16.7. The first-order chi connectivity index (χ1) is 45.4. The molecule has 5 heterocycles. The Kier molecular flexibility index (Phi) is 6.45. The van der Waals surface area contributed by atoms with Crippen molar-refractivity contribution in [3.63, 3.8) is 0 Å². The smallest absolute Gasteiger partial charge is 0.256 e. The minimum Gasteiger partial charge on any atom is -0.458 e. The Balaban J connectivity index is 1.04. The van der Waals surface area contributed by atoms with Gasteiger partial charge in [-0.15, -0.1) is 0 Å². The summed E-state index contributed by atoms with van der Waals surface area (Å²) in [6, 6.07) is 49.4. The lowest BCUT2D eigenvalue weighted by Gasteiger charge is -2.42. The maximum absolute atomic E-state index is 9.59. The largest absolute Gasteiger partial charge is 0.458 e. The van der Waals surface area contributed by atoms with Crippen molar-refractivity contribution in [2.75, 3.05) is 4.90 Å². The van der Waals surface area contributed by atoms with Crippen molar-refractivity contribution in [3.8, 4) is 50.8 Å². The van der Waals surface area contributed by atoms with Gasteiger partial charge in [0.15, 0.2) is 0 Å². The molecule has 362 valence electrons. The first-order valence-electron chi connectivity index (χ1n) is 33.6. The van der Waals surface area contributed by atoms with Crippen LogP contribution in [0.4, 0.5) is 17.1 Å².